The summed E-state index contributed by atoms with van der Waals surface area (Å²) in [6, 6.07) is 7.49. The van der Waals surface area contributed by atoms with Crippen molar-refractivity contribution in [2.75, 3.05) is 16.8 Å². The van der Waals surface area contributed by atoms with Gasteiger partial charge < -0.3 is 5.32 Å². The van der Waals surface area contributed by atoms with Crippen LogP contribution in [0.1, 0.15) is 12.5 Å². The number of nitrogens with zero attached hydrogens (tertiary/aromatic N) is 3. The maximum absolute atomic E-state index is 13.1. The largest absolute Gasteiger partial charge is 0.332 e. The topological polar surface area (TPSA) is 113 Å². The highest BCUT2D eigenvalue weighted by atomic mass is 19.1. The summed E-state index contributed by atoms with van der Waals surface area (Å²) >= 11 is 0. The van der Waals surface area contributed by atoms with Crippen molar-refractivity contribution in [1.82, 2.24) is 4.90 Å². The average Bonchev–Trinajstić information content (AvgIpc) is 2.87. The highest BCUT2D eigenvalue weighted by Gasteiger charge is 2.44. The summed E-state index contributed by atoms with van der Waals surface area (Å²) in [5.74, 6) is -1.74. The first kappa shape index (κ1) is 19.9. The fourth-order valence-corrected chi connectivity index (χ4v) is 3.00. The molecule has 10 heteroatoms. The molecule has 29 heavy (non-hydrogen) atoms. The Hall–Kier alpha value is -3.82. The van der Waals surface area contributed by atoms with Gasteiger partial charge in [-0.15, -0.1) is 0 Å². The molecule has 1 saturated heterocycles. The minimum atomic E-state index is -0.861. The molecular weight excluding hydrogens is 383 g/mol. The summed E-state index contributed by atoms with van der Waals surface area (Å²) in [7, 11) is 0. The van der Waals surface area contributed by atoms with Gasteiger partial charge in [0.1, 0.15) is 18.4 Å². The van der Waals surface area contributed by atoms with Gasteiger partial charge >= 0.3 is 6.03 Å². The van der Waals surface area contributed by atoms with Gasteiger partial charge in [0.05, 0.1) is 10.6 Å². The van der Waals surface area contributed by atoms with Crippen molar-refractivity contribution in [3.05, 3.63) is 64.0 Å². The zero-order valence-corrected chi connectivity index (χ0v) is 15.6. The Morgan fingerprint density at radius 2 is 1.86 bits per heavy atom. The average molecular weight is 400 g/mol. The Morgan fingerprint density at radius 3 is 2.48 bits per heavy atom. The fourth-order valence-electron chi connectivity index (χ4n) is 3.00. The van der Waals surface area contributed by atoms with E-state index in [1.54, 1.807) is 6.92 Å². The molecule has 3 rings (SSSR count). The van der Waals surface area contributed by atoms with Crippen molar-refractivity contribution in [3.8, 4) is 0 Å². The molecule has 1 unspecified atom stereocenters. The molecule has 9 nitrogen and oxygen atoms in total. The minimum Gasteiger partial charge on any atom is -0.324 e. The standard InChI is InChI=1S/C19H17FN4O5/c1-11-3-6-15(24(28)29)9-16(11)21-17(25)10-22-18(26)12(2)23(19(22)27)14-7-4-13(20)5-8-14/h3-9,12H,10H2,1-2H3,(H,21,25). The molecule has 1 aliphatic rings. The predicted octanol–water partition coefficient (Wildman–Crippen LogP) is 2.84. The number of non-ortho nitro benzene ring substituents is 1. The Labute approximate surface area is 164 Å². The number of hydrogen-bond donors (Lipinski definition) is 1. The molecule has 1 aliphatic heterocycles. The van der Waals surface area contributed by atoms with Crippen LogP contribution in [-0.4, -0.2) is 40.3 Å². The SMILES string of the molecule is Cc1ccc([N+](=O)[O-])cc1NC(=O)CN1C(=O)C(C)N(c2ccc(F)cc2)C1=O. The van der Waals surface area contributed by atoms with Crippen LogP contribution in [0.2, 0.25) is 0 Å². The number of amides is 4. The van der Waals surface area contributed by atoms with E-state index >= 15 is 0 Å². The van der Waals surface area contributed by atoms with E-state index in [2.05, 4.69) is 5.32 Å². The second kappa shape index (κ2) is 7.66. The van der Waals surface area contributed by atoms with Crippen molar-refractivity contribution in [1.29, 1.82) is 0 Å². The van der Waals surface area contributed by atoms with Gasteiger partial charge in [-0.3, -0.25) is 29.5 Å². The van der Waals surface area contributed by atoms with Crippen LogP contribution >= 0.6 is 0 Å². The molecule has 150 valence electrons. The summed E-state index contributed by atoms with van der Waals surface area (Å²) in [4.78, 5) is 49.8. The molecule has 1 N–H and O–H groups in total. The van der Waals surface area contributed by atoms with E-state index in [4.69, 9.17) is 0 Å². The number of nitro groups is 1. The van der Waals surface area contributed by atoms with Gasteiger partial charge in [0, 0.05) is 17.8 Å². The number of halogens is 1. The van der Waals surface area contributed by atoms with Crippen molar-refractivity contribution in [2.45, 2.75) is 19.9 Å². The molecule has 2 aromatic rings. The Bertz CT molecular complexity index is 1010. The Kier molecular flexibility index (Phi) is 5.26. The second-order valence-corrected chi connectivity index (χ2v) is 6.53. The minimum absolute atomic E-state index is 0.199. The monoisotopic (exact) mass is 400 g/mol. The number of hydrogen-bond acceptors (Lipinski definition) is 5. The summed E-state index contributed by atoms with van der Waals surface area (Å²) in [5, 5.41) is 13.4. The van der Waals surface area contributed by atoms with Crippen LogP contribution in [0.15, 0.2) is 42.5 Å². The lowest BCUT2D eigenvalue weighted by molar-refractivity contribution is -0.384. The Balaban J connectivity index is 1.76. The van der Waals surface area contributed by atoms with Crippen LogP contribution in [0.5, 0.6) is 0 Å². The second-order valence-electron chi connectivity index (χ2n) is 6.53. The number of benzene rings is 2. The lowest BCUT2D eigenvalue weighted by Gasteiger charge is -2.19. The van der Waals surface area contributed by atoms with E-state index in [1.807, 2.05) is 0 Å². The summed E-state index contributed by atoms with van der Waals surface area (Å²) < 4.78 is 13.1. The highest BCUT2D eigenvalue weighted by molar-refractivity contribution is 6.16. The van der Waals surface area contributed by atoms with Crippen LogP contribution in [0.4, 0.5) is 26.2 Å². The van der Waals surface area contributed by atoms with Crippen LogP contribution in [0.25, 0.3) is 0 Å². The van der Waals surface area contributed by atoms with E-state index in [1.165, 1.54) is 54.3 Å². The van der Waals surface area contributed by atoms with E-state index in [0.29, 0.717) is 11.3 Å². The molecule has 0 saturated carbocycles. The highest BCUT2D eigenvalue weighted by Crippen LogP contribution is 2.26. The fraction of sp³-hybridized carbons (Fsp3) is 0.211. The molecule has 1 fully saturated rings. The van der Waals surface area contributed by atoms with E-state index < -0.39 is 41.2 Å². The normalized spacial score (nSPS) is 16.3. The van der Waals surface area contributed by atoms with Gasteiger partial charge in [0.25, 0.3) is 11.6 Å². The smallest absolute Gasteiger partial charge is 0.324 e. The van der Waals surface area contributed by atoms with Gasteiger partial charge in [-0.1, -0.05) is 6.07 Å². The van der Waals surface area contributed by atoms with Gasteiger partial charge in [0.2, 0.25) is 5.91 Å². The molecule has 1 heterocycles. The number of urea groups is 1. The molecule has 0 bridgehead atoms. The Morgan fingerprint density at radius 1 is 1.21 bits per heavy atom. The quantitative estimate of drug-likeness (QED) is 0.471. The van der Waals surface area contributed by atoms with Gasteiger partial charge in [0.15, 0.2) is 0 Å². The van der Waals surface area contributed by atoms with Crippen LogP contribution in [-0.2, 0) is 9.59 Å². The molecule has 0 aromatic heterocycles. The molecule has 0 radical (unpaired) electrons. The third-order valence-electron chi connectivity index (χ3n) is 4.56. The van der Waals surface area contributed by atoms with E-state index in [9.17, 15) is 28.9 Å². The lowest BCUT2D eigenvalue weighted by atomic mass is 10.2. The number of carbonyl (C=O) groups excluding carboxylic acids is 3. The predicted molar refractivity (Wildman–Crippen MR) is 102 cm³/mol. The first-order valence-corrected chi connectivity index (χ1v) is 8.64. The molecule has 4 amide bonds. The number of imide groups is 1. The van der Waals surface area contributed by atoms with Crippen LogP contribution in [0.3, 0.4) is 0 Å². The lowest BCUT2D eigenvalue weighted by Crippen LogP contribution is -2.39. The van der Waals surface area contributed by atoms with Gasteiger partial charge in [-0.2, -0.15) is 0 Å². The maximum atomic E-state index is 13.1. The molecule has 1 atom stereocenters. The zero-order valence-electron chi connectivity index (χ0n) is 15.6. The van der Waals surface area contributed by atoms with Crippen molar-refractivity contribution >= 4 is 34.9 Å². The maximum Gasteiger partial charge on any atom is 0.332 e. The van der Waals surface area contributed by atoms with Gasteiger partial charge in [-0.05, 0) is 43.7 Å². The molecule has 0 aliphatic carbocycles. The number of anilines is 2. The zero-order chi connectivity index (χ0) is 21.3. The van der Waals surface area contributed by atoms with Crippen molar-refractivity contribution < 1.29 is 23.7 Å². The molecular formula is C19H17FN4O5. The number of aryl methyl sites for hydroxylation is 1. The summed E-state index contributed by atoms with van der Waals surface area (Å²) in [5.41, 5.74) is 0.932. The van der Waals surface area contributed by atoms with E-state index in [0.717, 1.165) is 4.90 Å². The summed E-state index contributed by atoms with van der Waals surface area (Å²) in [6.45, 7) is 2.61. The third-order valence-corrected chi connectivity index (χ3v) is 4.56. The number of carbonyl (C=O) groups is 3. The van der Waals surface area contributed by atoms with Crippen molar-refractivity contribution in [3.63, 3.8) is 0 Å². The molecule has 0 spiro atoms. The van der Waals surface area contributed by atoms with Gasteiger partial charge in [-0.25, -0.2) is 9.18 Å². The first-order chi connectivity index (χ1) is 13.7. The number of nitrogens with one attached hydrogen (secondary N) is 1. The van der Waals surface area contributed by atoms with E-state index in [-0.39, 0.29) is 11.4 Å². The number of rotatable bonds is 5. The summed E-state index contributed by atoms with van der Waals surface area (Å²) in [6.07, 6.45) is 0. The van der Waals surface area contributed by atoms with Crippen LogP contribution < -0.4 is 10.2 Å². The third kappa shape index (κ3) is 3.91. The first-order valence-electron chi connectivity index (χ1n) is 8.64. The van der Waals surface area contributed by atoms with Crippen LogP contribution in [0, 0.1) is 22.9 Å². The number of nitro benzene ring substituents is 1. The van der Waals surface area contributed by atoms with Crippen molar-refractivity contribution in [2.24, 2.45) is 0 Å². The molecule has 2 aromatic carbocycles.